The van der Waals surface area contributed by atoms with Gasteiger partial charge in [0.15, 0.2) is 0 Å². The van der Waals surface area contributed by atoms with Gasteiger partial charge in [0.25, 0.3) is 0 Å². The van der Waals surface area contributed by atoms with Crippen LogP contribution in [0, 0.1) is 19.3 Å². The Morgan fingerprint density at radius 1 is 0.964 bits per heavy atom. The molecule has 0 amide bonds. The van der Waals surface area contributed by atoms with Gasteiger partial charge < -0.3 is 24.8 Å². The summed E-state index contributed by atoms with van der Waals surface area (Å²) in [7, 11) is 0. The molecule has 0 nitrogen and oxygen atoms in total. The fourth-order valence-corrected chi connectivity index (χ4v) is 4.94. The molecular formula is C25H29Cl2Zr. The second kappa shape index (κ2) is 10.5. The molecule has 1 aliphatic carbocycles. The van der Waals surface area contributed by atoms with Crippen LogP contribution in [0.25, 0.3) is 21.9 Å². The number of aryl methyl sites for hydroxylation is 2. The molecule has 0 saturated heterocycles. The standard InChI is InChI=1S/C25H29.2ClH.Zr/c1-4-9-25(10-6-11-25)17-20-15-21-7-5-8-23(24(21)16-20)22-13-18(2)12-19(3)14-22;;;/h5,7-8,12-16H,4,6,9-11,17H2,1-3H3;2*1H;/q-1;;;+3/p-2. The molecule has 3 aromatic carbocycles. The first-order valence-electron chi connectivity index (χ1n) is 9.86. The van der Waals surface area contributed by atoms with Crippen LogP contribution in [-0.2, 0) is 32.6 Å². The molecule has 0 heterocycles. The Bertz CT molecular complexity index is 886. The summed E-state index contributed by atoms with van der Waals surface area (Å²) in [6.07, 6.45) is 8.24. The van der Waals surface area contributed by atoms with Crippen LogP contribution in [0.5, 0.6) is 0 Å². The zero-order chi connectivity index (χ0) is 17.4. The van der Waals surface area contributed by atoms with Crippen LogP contribution in [0.15, 0.2) is 48.5 Å². The summed E-state index contributed by atoms with van der Waals surface area (Å²) in [6.45, 7) is 6.72. The summed E-state index contributed by atoms with van der Waals surface area (Å²) in [6, 6.07) is 18.6. The Balaban J connectivity index is 0.00000131. The topological polar surface area (TPSA) is 0 Å². The van der Waals surface area contributed by atoms with Gasteiger partial charge in [-0.2, -0.15) is 6.07 Å². The SMILES string of the molecule is CCCC1(Cc2cc3c(-c4cc(C)cc(C)c4)cccc3[cH-]2)CCC1.[Cl-].[Cl-].[Zr+3]. The van der Waals surface area contributed by atoms with Gasteiger partial charge in [-0.15, -0.1) is 34.5 Å². The molecule has 1 radical (unpaired) electrons. The number of benzene rings is 2. The van der Waals surface area contributed by atoms with Crippen molar-refractivity contribution in [2.75, 3.05) is 0 Å². The Labute approximate surface area is 201 Å². The van der Waals surface area contributed by atoms with Crippen molar-refractivity contribution in [1.29, 1.82) is 0 Å². The van der Waals surface area contributed by atoms with Gasteiger partial charge in [-0.3, -0.25) is 0 Å². The van der Waals surface area contributed by atoms with E-state index in [0.717, 1.165) is 0 Å². The summed E-state index contributed by atoms with van der Waals surface area (Å²) >= 11 is 0. The molecule has 0 atom stereocenters. The van der Waals surface area contributed by atoms with Crippen molar-refractivity contribution in [2.45, 2.75) is 59.3 Å². The molecule has 0 N–H and O–H groups in total. The van der Waals surface area contributed by atoms with Gasteiger partial charge in [-0.1, -0.05) is 60.7 Å². The average molecular weight is 492 g/mol. The number of rotatable bonds is 5. The molecule has 147 valence electrons. The van der Waals surface area contributed by atoms with E-state index in [1.165, 1.54) is 71.6 Å². The molecule has 1 saturated carbocycles. The molecule has 28 heavy (non-hydrogen) atoms. The maximum atomic E-state index is 2.47. The summed E-state index contributed by atoms with van der Waals surface area (Å²) < 4.78 is 0. The molecule has 3 heteroatoms. The van der Waals surface area contributed by atoms with Gasteiger partial charge in [0.2, 0.25) is 0 Å². The van der Waals surface area contributed by atoms with Crippen molar-refractivity contribution in [2.24, 2.45) is 5.41 Å². The molecule has 1 aliphatic rings. The molecular weight excluding hydrogens is 462 g/mol. The summed E-state index contributed by atoms with van der Waals surface area (Å²) in [5.74, 6) is 0. The third-order valence-electron chi connectivity index (χ3n) is 6.12. The van der Waals surface area contributed by atoms with Crippen LogP contribution < -0.4 is 24.8 Å². The molecule has 0 aromatic heterocycles. The average Bonchev–Trinajstić information content (AvgIpc) is 2.94. The first-order valence-corrected chi connectivity index (χ1v) is 9.86. The van der Waals surface area contributed by atoms with E-state index >= 15 is 0 Å². The zero-order valence-corrected chi connectivity index (χ0v) is 21.1. The van der Waals surface area contributed by atoms with E-state index < -0.39 is 0 Å². The molecule has 0 aliphatic heterocycles. The minimum Gasteiger partial charge on any atom is -1.00 e. The van der Waals surface area contributed by atoms with E-state index in [1.807, 2.05) is 0 Å². The number of hydrogen-bond donors (Lipinski definition) is 0. The van der Waals surface area contributed by atoms with Crippen LogP contribution >= 0.6 is 0 Å². The Kier molecular flexibility index (Phi) is 9.59. The third-order valence-corrected chi connectivity index (χ3v) is 6.12. The van der Waals surface area contributed by atoms with E-state index in [4.69, 9.17) is 0 Å². The van der Waals surface area contributed by atoms with Crippen molar-refractivity contribution < 1.29 is 51.0 Å². The normalized spacial score (nSPS) is 14.4. The second-order valence-corrected chi connectivity index (χ2v) is 8.33. The monoisotopic (exact) mass is 489 g/mol. The first-order chi connectivity index (χ1) is 12.1. The predicted molar refractivity (Wildman–Crippen MR) is 109 cm³/mol. The van der Waals surface area contributed by atoms with Crippen LogP contribution in [0.1, 0.15) is 55.7 Å². The minimum atomic E-state index is 0. The maximum Gasteiger partial charge on any atom is 3.00 e. The van der Waals surface area contributed by atoms with Crippen molar-refractivity contribution in [3.63, 3.8) is 0 Å². The molecule has 0 bridgehead atoms. The maximum absolute atomic E-state index is 2.47. The van der Waals surface area contributed by atoms with Gasteiger partial charge in [0.05, 0.1) is 0 Å². The molecule has 3 aromatic rings. The Hall–Kier alpha value is -0.487. The van der Waals surface area contributed by atoms with Crippen molar-refractivity contribution in [3.8, 4) is 11.1 Å². The number of hydrogen-bond acceptors (Lipinski definition) is 0. The molecule has 4 rings (SSSR count). The zero-order valence-electron chi connectivity index (χ0n) is 17.1. The third kappa shape index (κ3) is 5.16. The van der Waals surface area contributed by atoms with Gasteiger partial charge in [-0.05, 0) is 50.5 Å². The van der Waals surface area contributed by atoms with Crippen LogP contribution in [0.2, 0.25) is 0 Å². The smallest absolute Gasteiger partial charge is 1.00 e. The molecule has 1 fully saturated rings. The van der Waals surface area contributed by atoms with Crippen molar-refractivity contribution in [1.82, 2.24) is 0 Å². The fraction of sp³-hybridized carbons (Fsp3) is 0.400. The van der Waals surface area contributed by atoms with Crippen LogP contribution in [-0.4, -0.2) is 0 Å². The van der Waals surface area contributed by atoms with E-state index in [1.54, 1.807) is 5.56 Å². The van der Waals surface area contributed by atoms with Gasteiger partial charge in [0, 0.05) is 0 Å². The summed E-state index contributed by atoms with van der Waals surface area (Å²) in [5, 5.41) is 2.83. The molecule has 0 spiro atoms. The summed E-state index contributed by atoms with van der Waals surface area (Å²) in [5.41, 5.74) is 7.56. The van der Waals surface area contributed by atoms with Crippen LogP contribution in [0.3, 0.4) is 0 Å². The number of halogens is 2. The van der Waals surface area contributed by atoms with Crippen molar-refractivity contribution in [3.05, 3.63) is 65.2 Å². The van der Waals surface area contributed by atoms with Gasteiger partial charge in [-0.25, -0.2) is 0 Å². The molecule has 0 unspecified atom stereocenters. The van der Waals surface area contributed by atoms with E-state index in [2.05, 4.69) is 69.3 Å². The van der Waals surface area contributed by atoms with E-state index in [-0.39, 0.29) is 51.0 Å². The van der Waals surface area contributed by atoms with E-state index in [9.17, 15) is 0 Å². The fourth-order valence-electron chi connectivity index (χ4n) is 4.94. The minimum absolute atomic E-state index is 0. The second-order valence-electron chi connectivity index (χ2n) is 8.33. The Morgan fingerprint density at radius 3 is 2.21 bits per heavy atom. The first kappa shape index (κ1) is 25.5. The van der Waals surface area contributed by atoms with Gasteiger partial charge in [0.1, 0.15) is 0 Å². The van der Waals surface area contributed by atoms with Crippen molar-refractivity contribution >= 4 is 10.8 Å². The Morgan fingerprint density at radius 2 is 1.64 bits per heavy atom. The van der Waals surface area contributed by atoms with Gasteiger partial charge >= 0.3 is 26.2 Å². The summed E-state index contributed by atoms with van der Waals surface area (Å²) in [4.78, 5) is 0. The largest absolute Gasteiger partial charge is 3.00 e. The number of fused-ring (bicyclic) bond motifs is 1. The van der Waals surface area contributed by atoms with Crippen LogP contribution in [0.4, 0.5) is 0 Å². The quantitative estimate of drug-likeness (QED) is 0.473. The van der Waals surface area contributed by atoms with E-state index in [0.29, 0.717) is 5.41 Å². The predicted octanol–water partition coefficient (Wildman–Crippen LogP) is 1.36.